The number of aromatic nitrogens is 3. The maximum atomic E-state index is 13.3. The van der Waals surface area contributed by atoms with E-state index in [1.807, 2.05) is 0 Å². The van der Waals surface area contributed by atoms with E-state index in [0.717, 1.165) is 0 Å². The molecule has 3 heterocycles. The summed E-state index contributed by atoms with van der Waals surface area (Å²) in [7, 11) is 0. The van der Waals surface area contributed by atoms with Crippen LogP contribution in [0.3, 0.4) is 0 Å². The predicted octanol–water partition coefficient (Wildman–Crippen LogP) is 2.49. The second-order valence-electron chi connectivity index (χ2n) is 9.01. The van der Waals surface area contributed by atoms with E-state index >= 15 is 0 Å². The van der Waals surface area contributed by atoms with Crippen LogP contribution in [0.4, 0.5) is 11.4 Å². The Morgan fingerprint density at radius 3 is 2.58 bits per heavy atom. The molecule has 0 saturated carbocycles. The normalized spacial score (nSPS) is 15.5. The third-order valence-corrected chi connectivity index (χ3v) is 6.26. The maximum Gasteiger partial charge on any atom is 0.262 e. The Morgan fingerprint density at radius 1 is 1.05 bits per heavy atom. The van der Waals surface area contributed by atoms with Gasteiger partial charge in [-0.3, -0.25) is 33.9 Å². The molecule has 4 amide bonds. The maximum absolute atomic E-state index is 13.3. The van der Waals surface area contributed by atoms with Crippen molar-refractivity contribution >= 4 is 57.0 Å². The van der Waals surface area contributed by atoms with Crippen LogP contribution in [0.15, 0.2) is 45.6 Å². The van der Waals surface area contributed by atoms with Crippen LogP contribution in [0, 0.1) is 13.8 Å². The SMILES string of the molecule is Cc1nc2cc(NC(=O)CCC(=O)Nc3cccc4c(=O)n(C5CCC(=O)NC5=O)c(C)nc34)ccc2o1. The van der Waals surface area contributed by atoms with E-state index in [9.17, 15) is 24.0 Å². The van der Waals surface area contributed by atoms with Gasteiger partial charge in [0.25, 0.3) is 5.56 Å². The van der Waals surface area contributed by atoms with Gasteiger partial charge < -0.3 is 15.1 Å². The number of benzene rings is 2. The van der Waals surface area contributed by atoms with Crippen molar-refractivity contribution in [3.8, 4) is 0 Å². The van der Waals surface area contributed by atoms with Crippen molar-refractivity contribution in [1.29, 1.82) is 0 Å². The number of hydrogen-bond donors (Lipinski definition) is 3. The molecule has 0 spiro atoms. The molecule has 2 aromatic heterocycles. The summed E-state index contributed by atoms with van der Waals surface area (Å²) in [4.78, 5) is 70.9. The van der Waals surface area contributed by atoms with Gasteiger partial charge in [0.15, 0.2) is 11.5 Å². The Hall–Kier alpha value is -4.87. The number of carbonyl (C=O) groups excluding carboxylic acids is 4. The monoisotopic (exact) mass is 516 g/mol. The van der Waals surface area contributed by atoms with Gasteiger partial charge in [0, 0.05) is 31.9 Å². The molecule has 12 heteroatoms. The molecule has 0 aliphatic carbocycles. The summed E-state index contributed by atoms with van der Waals surface area (Å²) < 4.78 is 6.70. The fourth-order valence-corrected chi connectivity index (χ4v) is 4.51. The van der Waals surface area contributed by atoms with Crippen LogP contribution in [-0.2, 0) is 19.2 Å². The van der Waals surface area contributed by atoms with E-state index < -0.39 is 23.4 Å². The lowest BCUT2D eigenvalue weighted by Gasteiger charge is -2.24. The van der Waals surface area contributed by atoms with Gasteiger partial charge in [0.1, 0.15) is 22.9 Å². The highest BCUT2D eigenvalue weighted by atomic mass is 16.3. The summed E-state index contributed by atoms with van der Waals surface area (Å²) in [6.45, 7) is 3.32. The standard InChI is InChI=1S/C26H24N6O6/c1-13-27-24-16(26(37)32(13)19-7-9-23(35)31-25(19)36)4-3-5-17(24)30-22(34)11-10-21(33)29-15-6-8-20-18(12-15)28-14(2)38-20/h3-6,8,12,19H,7,9-11H2,1-2H3,(H,29,33)(H,30,34)(H,31,35,36). The zero-order valence-electron chi connectivity index (χ0n) is 20.7. The van der Waals surface area contributed by atoms with E-state index in [0.29, 0.717) is 28.4 Å². The average Bonchev–Trinajstić information content (AvgIpc) is 3.24. The molecule has 1 aliphatic heterocycles. The first-order valence-electron chi connectivity index (χ1n) is 12.0. The predicted molar refractivity (Wildman–Crippen MR) is 137 cm³/mol. The summed E-state index contributed by atoms with van der Waals surface area (Å²) >= 11 is 0. The van der Waals surface area contributed by atoms with Crippen LogP contribution in [0.2, 0.25) is 0 Å². The van der Waals surface area contributed by atoms with Crippen LogP contribution in [0.1, 0.15) is 43.4 Å². The fraction of sp³-hybridized carbons (Fsp3) is 0.269. The van der Waals surface area contributed by atoms with E-state index in [1.165, 1.54) is 4.57 Å². The molecule has 38 heavy (non-hydrogen) atoms. The minimum absolute atomic E-state index is 0.0682. The van der Waals surface area contributed by atoms with Crippen LogP contribution in [-0.4, -0.2) is 38.2 Å². The van der Waals surface area contributed by atoms with Crippen LogP contribution in [0.25, 0.3) is 22.0 Å². The van der Waals surface area contributed by atoms with E-state index in [1.54, 1.807) is 50.2 Å². The van der Waals surface area contributed by atoms with Crippen LogP contribution >= 0.6 is 0 Å². The largest absolute Gasteiger partial charge is 0.441 e. The number of imide groups is 1. The number of fused-ring (bicyclic) bond motifs is 2. The van der Waals surface area contributed by atoms with Gasteiger partial charge in [0.05, 0.1) is 11.1 Å². The highest BCUT2D eigenvalue weighted by Gasteiger charge is 2.30. The Kier molecular flexibility index (Phi) is 6.45. The molecule has 0 bridgehead atoms. The Balaban J connectivity index is 1.28. The molecular formula is C26H24N6O6. The van der Waals surface area contributed by atoms with Crippen molar-refractivity contribution in [2.75, 3.05) is 10.6 Å². The second-order valence-corrected chi connectivity index (χ2v) is 9.01. The Labute approximate surface area is 215 Å². The number of nitrogens with zero attached hydrogens (tertiary/aromatic N) is 3. The summed E-state index contributed by atoms with van der Waals surface area (Å²) in [6.07, 6.45) is 0.156. The number of aryl methyl sites for hydroxylation is 2. The van der Waals surface area contributed by atoms with Gasteiger partial charge in [-0.1, -0.05) is 6.07 Å². The zero-order valence-corrected chi connectivity index (χ0v) is 20.7. The molecule has 1 saturated heterocycles. The van der Waals surface area contributed by atoms with Gasteiger partial charge in [-0.15, -0.1) is 0 Å². The summed E-state index contributed by atoms with van der Waals surface area (Å²) in [6, 6.07) is 9.01. The van der Waals surface area contributed by atoms with Gasteiger partial charge in [-0.25, -0.2) is 9.97 Å². The van der Waals surface area contributed by atoms with Gasteiger partial charge >= 0.3 is 0 Å². The van der Waals surface area contributed by atoms with Crippen molar-refractivity contribution in [2.24, 2.45) is 0 Å². The number of carbonyl (C=O) groups is 4. The number of hydrogen-bond acceptors (Lipinski definition) is 8. The van der Waals surface area contributed by atoms with E-state index in [4.69, 9.17) is 4.42 Å². The lowest BCUT2D eigenvalue weighted by atomic mass is 10.1. The number of anilines is 2. The molecule has 4 aromatic rings. The number of oxazole rings is 1. The van der Waals surface area contributed by atoms with Gasteiger partial charge in [0.2, 0.25) is 23.6 Å². The first kappa shape index (κ1) is 24.8. The topological polar surface area (TPSA) is 165 Å². The molecule has 1 atom stereocenters. The zero-order chi connectivity index (χ0) is 27.0. The third-order valence-electron chi connectivity index (χ3n) is 6.26. The molecule has 5 rings (SSSR count). The minimum Gasteiger partial charge on any atom is -0.441 e. The molecule has 1 unspecified atom stereocenters. The lowest BCUT2D eigenvalue weighted by molar-refractivity contribution is -0.135. The Bertz CT molecular complexity index is 1690. The van der Waals surface area contributed by atoms with E-state index in [-0.39, 0.29) is 54.2 Å². The molecule has 0 radical (unpaired) electrons. The molecule has 2 aromatic carbocycles. The molecular weight excluding hydrogens is 492 g/mol. The number of nitrogens with one attached hydrogen (secondary N) is 3. The highest BCUT2D eigenvalue weighted by molar-refractivity contribution is 6.02. The van der Waals surface area contributed by atoms with Crippen molar-refractivity contribution < 1.29 is 23.6 Å². The fourth-order valence-electron chi connectivity index (χ4n) is 4.51. The molecule has 194 valence electrons. The number of amides is 4. The number of piperidine rings is 1. The molecule has 1 aliphatic rings. The second kappa shape index (κ2) is 9.88. The number of rotatable bonds is 6. The highest BCUT2D eigenvalue weighted by Crippen LogP contribution is 2.24. The minimum atomic E-state index is -0.845. The van der Waals surface area contributed by atoms with Crippen molar-refractivity contribution in [1.82, 2.24) is 19.9 Å². The average molecular weight is 517 g/mol. The molecule has 3 N–H and O–H groups in total. The smallest absolute Gasteiger partial charge is 0.262 e. The van der Waals surface area contributed by atoms with Crippen LogP contribution < -0.4 is 21.5 Å². The summed E-state index contributed by atoms with van der Waals surface area (Å²) in [5.74, 6) is -0.907. The van der Waals surface area contributed by atoms with E-state index in [2.05, 4.69) is 25.9 Å². The molecule has 1 fully saturated rings. The summed E-state index contributed by atoms with van der Waals surface area (Å²) in [5.41, 5.74) is 1.91. The van der Waals surface area contributed by atoms with Crippen molar-refractivity contribution in [2.45, 2.75) is 45.6 Å². The van der Waals surface area contributed by atoms with Gasteiger partial charge in [-0.05, 0) is 43.7 Å². The number of para-hydroxylation sites is 1. The first-order chi connectivity index (χ1) is 18.2. The van der Waals surface area contributed by atoms with Crippen molar-refractivity contribution in [3.63, 3.8) is 0 Å². The van der Waals surface area contributed by atoms with Gasteiger partial charge in [-0.2, -0.15) is 0 Å². The first-order valence-corrected chi connectivity index (χ1v) is 12.0. The lowest BCUT2D eigenvalue weighted by Crippen LogP contribution is -2.45. The Morgan fingerprint density at radius 2 is 1.82 bits per heavy atom. The van der Waals surface area contributed by atoms with Crippen LogP contribution in [0.5, 0.6) is 0 Å². The quantitative estimate of drug-likeness (QED) is 0.329. The molecule has 12 nitrogen and oxygen atoms in total. The third kappa shape index (κ3) is 4.88. The van der Waals surface area contributed by atoms with Crippen molar-refractivity contribution in [3.05, 3.63) is 58.5 Å². The summed E-state index contributed by atoms with van der Waals surface area (Å²) in [5, 5.41) is 7.93.